The fourth-order valence-electron chi connectivity index (χ4n) is 4.94. The molecule has 0 saturated carbocycles. The summed E-state index contributed by atoms with van der Waals surface area (Å²) in [7, 11) is 0. The third-order valence-corrected chi connectivity index (χ3v) is 6.66. The van der Waals surface area contributed by atoms with E-state index in [1.54, 1.807) is 36.4 Å². The van der Waals surface area contributed by atoms with Gasteiger partial charge in [0.1, 0.15) is 11.8 Å². The molecule has 0 radical (unpaired) electrons. The molecule has 156 valence electrons. The first kappa shape index (κ1) is 19.8. The summed E-state index contributed by atoms with van der Waals surface area (Å²) in [5, 5.41) is 5.24. The number of carbonyl (C=O) groups is 2. The second-order valence-corrected chi connectivity index (χ2v) is 8.54. The van der Waals surface area contributed by atoms with E-state index in [1.165, 1.54) is 4.90 Å². The average Bonchev–Trinajstić information content (AvgIpc) is 3.36. The highest BCUT2D eigenvalue weighted by Crippen LogP contribution is 2.50. The molecule has 0 unspecified atom stereocenters. The second-order valence-electron chi connectivity index (χ2n) is 7.70. The molecule has 2 aromatic rings. The van der Waals surface area contributed by atoms with E-state index in [0.717, 1.165) is 25.1 Å². The zero-order valence-electron chi connectivity index (χ0n) is 16.4. The molecule has 3 fully saturated rings. The summed E-state index contributed by atoms with van der Waals surface area (Å²) in [6.07, 6.45) is 0.940. The Labute approximate surface area is 184 Å². The van der Waals surface area contributed by atoms with Crippen molar-refractivity contribution >= 4 is 40.7 Å². The van der Waals surface area contributed by atoms with E-state index >= 15 is 0 Å². The molecule has 0 N–H and O–H groups in total. The van der Waals surface area contributed by atoms with Crippen LogP contribution in [0.25, 0.3) is 0 Å². The third kappa shape index (κ3) is 2.94. The third-order valence-electron chi connectivity index (χ3n) is 6.09. The minimum absolute atomic E-state index is 0.186. The number of benzene rings is 2. The molecule has 3 aliphatic rings. The molecule has 3 atom stereocenters. The SMILES string of the molecule is CCOc1ccc(N2C(=O)[C@@H]3[C@@H](C2=O)N2CCCN2[C@H]3c2ccc(Cl)cc2Cl)cc1. The molecule has 0 bridgehead atoms. The van der Waals surface area contributed by atoms with E-state index in [4.69, 9.17) is 27.9 Å². The standard InChI is InChI=1S/C22H21Cl2N3O3/c1-2-30-15-7-5-14(6-8-15)27-21(28)18-19(16-9-4-13(23)12-17(16)24)25-10-3-11-26(25)20(18)22(27)29/h4-9,12,18-20H,2-3,10-11H2,1H3/t18-,19-,20-/m0/s1. The summed E-state index contributed by atoms with van der Waals surface area (Å²) in [6, 6.07) is 11.6. The smallest absolute Gasteiger partial charge is 0.253 e. The van der Waals surface area contributed by atoms with E-state index in [9.17, 15) is 9.59 Å². The summed E-state index contributed by atoms with van der Waals surface area (Å²) in [4.78, 5) is 28.3. The molecule has 30 heavy (non-hydrogen) atoms. The molecule has 5 rings (SSSR count). The summed E-state index contributed by atoms with van der Waals surface area (Å²) >= 11 is 12.6. The minimum Gasteiger partial charge on any atom is -0.494 e. The number of hydrogen-bond donors (Lipinski definition) is 0. The number of ether oxygens (including phenoxy) is 1. The number of nitrogens with zero attached hydrogens (tertiary/aromatic N) is 3. The van der Waals surface area contributed by atoms with Crippen molar-refractivity contribution in [1.82, 2.24) is 10.0 Å². The van der Waals surface area contributed by atoms with Gasteiger partial charge in [-0.2, -0.15) is 0 Å². The first-order valence-corrected chi connectivity index (χ1v) is 10.9. The van der Waals surface area contributed by atoms with Gasteiger partial charge in [0.2, 0.25) is 5.91 Å². The van der Waals surface area contributed by atoms with Crippen molar-refractivity contribution in [2.75, 3.05) is 24.6 Å². The van der Waals surface area contributed by atoms with Gasteiger partial charge in [-0.15, -0.1) is 0 Å². The maximum Gasteiger partial charge on any atom is 0.253 e. The van der Waals surface area contributed by atoms with Crippen LogP contribution in [0, 0.1) is 5.92 Å². The van der Waals surface area contributed by atoms with Gasteiger partial charge in [-0.3, -0.25) is 9.59 Å². The van der Waals surface area contributed by atoms with Crippen molar-refractivity contribution in [3.63, 3.8) is 0 Å². The lowest BCUT2D eigenvalue weighted by atomic mass is 9.90. The maximum absolute atomic E-state index is 13.6. The van der Waals surface area contributed by atoms with Crippen molar-refractivity contribution in [2.24, 2.45) is 5.92 Å². The Balaban J connectivity index is 1.54. The van der Waals surface area contributed by atoms with Crippen LogP contribution in [0.15, 0.2) is 42.5 Å². The lowest BCUT2D eigenvalue weighted by Gasteiger charge is -2.30. The summed E-state index contributed by atoms with van der Waals surface area (Å²) in [5.74, 6) is -0.187. The predicted molar refractivity (Wildman–Crippen MR) is 115 cm³/mol. The van der Waals surface area contributed by atoms with Crippen molar-refractivity contribution < 1.29 is 14.3 Å². The Morgan fingerprint density at radius 3 is 2.33 bits per heavy atom. The Morgan fingerprint density at radius 2 is 1.67 bits per heavy atom. The normalized spacial score (nSPS) is 26.4. The number of fused-ring (bicyclic) bond motifs is 3. The summed E-state index contributed by atoms with van der Waals surface area (Å²) < 4.78 is 5.48. The highest BCUT2D eigenvalue weighted by molar-refractivity contribution is 6.35. The quantitative estimate of drug-likeness (QED) is 0.667. The molecular weight excluding hydrogens is 425 g/mol. The first-order chi connectivity index (χ1) is 14.5. The fourth-order valence-corrected chi connectivity index (χ4v) is 5.46. The highest BCUT2D eigenvalue weighted by Gasteiger charge is 2.63. The Kier molecular flexibility index (Phi) is 4.98. The molecule has 2 aromatic carbocycles. The van der Waals surface area contributed by atoms with Crippen LogP contribution >= 0.6 is 23.2 Å². The number of hydrogen-bond acceptors (Lipinski definition) is 5. The number of rotatable bonds is 4. The molecule has 8 heteroatoms. The number of halogens is 2. The number of imide groups is 1. The molecular formula is C22H21Cl2N3O3. The second kappa shape index (κ2) is 7.54. The van der Waals surface area contributed by atoms with E-state index in [1.807, 2.05) is 13.0 Å². The lowest BCUT2D eigenvalue weighted by molar-refractivity contribution is -0.126. The van der Waals surface area contributed by atoms with Crippen LogP contribution in [0.4, 0.5) is 5.69 Å². The number of carbonyl (C=O) groups excluding carboxylic acids is 2. The van der Waals surface area contributed by atoms with E-state index in [0.29, 0.717) is 28.1 Å². The van der Waals surface area contributed by atoms with Gasteiger partial charge in [0.25, 0.3) is 5.91 Å². The van der Waals surface area contributed by atoms with Crippen LogP contribution in [0.1, 0.15) is 24.9 Å². The van der Waals surface area contributed by atoms with Gasteiger partial charge < -0.3 is 4.74 Å². The van der Waals surface area contributed by atoms with Crippen molar-refractivity contribution in [3.8, 4) is 5.75 Å². The topological polar surface area (TPSA) is 53.1 Å². The van der Waals surface area contributed by atoms with Crippen molar-refractivity contribution in [2.45, 2.75) is 25.4 Å². The molecule has 3 aliphatic heterocycles. The Hall–Kier alpha value is -2.12. The zero-order chi connectivity index (χ0) is 21.0. The molecule has 3 saturated heterocycles. The number of anilines is 1. The Bertz CT molecular complexity index is 1010. The van der Waals surface area contributed by atoms with Gasteiger partial charge in [0.05, 0.1) is 24.3 Å². The zero-order valence-corrected chi connectivity index (χ0v) is 17.9. The van der Waals surface area contributed by atoms with Crippen LogP contribution in [-0.4, -0.2) is 47.6 Å². The van der Waals surface area contributed by atoms with Crippen LogP contribution in [0.5, 0.6) is 5.75 Å². The molecule has 6 nitrogen and oxygen atoms in total. The van der Waals surface area contributed by atoms with Gasteiger partial charge >= 0.3 is 0 Å². The van der Waals surface area contributed by atoms with Gasteiger partial charge in [-0.05, 0) is 55.3 Å². The van der Waals surface area contributed by atoms with E-state index in [2.05, 4.69) is 10.0 Å². The van der Waals surface area contributed by atoms with Crippen molar-refractivity contribution in [1.29, 1.82) is 0 Å². The summed E-state index contributed by atoms with van der Waals surface area (Å²) in [6.45, 7) is 4.01. The average molecular weight is 446 g/mol. The number of amides is 2. The molecule has 0 spiro atoms. The predicted octanol–water partition coefficient (Wildman–Crippen LogP) is 3.93. The van der Waals surface area contributed by atoms with Gasteiger partial charge in [-0.25, -0.2) is 14.9 Å². The fraction of sp³-hybridized carbons (Fsp3) is 0.364. The minimum atomic E-state index is -0.511. The molecule has 0 aromatic heterocycles. The van der Waals surface area contributed by atoms with Gasteiger partial charge in [-0.1, -0.05) is 29.3 Å². The highest BCUT2D eigenvalue weighted by atomic mass is 35.5. The maximum atomic E-state index is 13.6. The van der Waals surface area contributed by atoms with E-state index in [-0.39, 0.29) is 17.9 Å². The largest absolute Gasteiger partial charge is 0.494 e. The first-order valence-electron chi connectivity index (χ1n) is 10.1. The van der Waals surface area contributed by atoms with Gasteiger partial charge in [0, 0.05) is 23.1 Å². The van der Waals surface area contributed by atoms with Crippen LogP contribution in [0.3, 0.4) is 0 Å². The van der Waals surface area contributed by atoms with Gasteiger partial charge in [0.15, 0.2) is 0 Å². The number of hydrazine groups is 1. The Morgan fingerprint density at radius 1 is 0.967 bits per heavy atom. The molecule has 2 amide bonds. The van der Waals surface area contributed by atoms with Crippen LogP contribution < -0.4 is 9.64 Å². The van der Waals surface area contributed by atoms with E-state index < -0.39 is 12.0 Å². The molecule has 3 heterocycles. The lowest BCUT2D eigenvalue weighted by Crippen LogP contribution is -2.44. The van der Waals surface area contributed by atoms with Crippen LogP contribution in [-0.2, 0) is 9.59 Å². The monoisotopic (exact) mass is 445 g/mol. The van der Waals surface area contributed by atoms with Crippen molar-refractivity contribution in [3.05, 3.63) is 58.1 Å². The summed E-state index contributed by atoms with van der Waals surface area (Å²) in [5.41, 5.74) is 1.39. The van der Waals surface area contributed by atoms with Crippen LogP contribution in [0.2, 0.25) is 10.0 Å². The molecule has 0 aliphatic carbocycles.